The van der Waals surface area contributed by atoms with E-state index in [0.717, 1.165) is 0 Å². The molecule has 0 aliphatic heterocycles. The molecule has 7 nitrogen and oxygen atoms in total. The molecule has 1 unspecified atom stereocenters. The van der Waals surface area contributed by atoms with Gasteiger partial charge in [-0.1, -0.05) is 19.9 Å². The van der Waals surface area contributed by atoms with Gasteiger partial charge in [0, 0.05) is 5.57 Å². The average Bonchev–Trinajstić information content (AvgIpc) is 2.33. The van der Waals surface area contributed by atoms with Crippen LogP contribution in [0.3, 0.4) is 0 Å². The Balaban J connectivity index is 4.78. The zero-order valence-corrected chi connectivity index (χ0v) is 12.2. The Morgan fingerprint density at radius 2 is 1.90 bits per heavy atom. The monoisotopic (exact) mass is 329 g/mol. The Kier molecular flexibility index (Phi) is 6.91. The lowest BCUT2D eigenvalue weighted by molar-refractivity contribution is -0.170. The molecule has 0 saturated carbocycles. The molecule has 0 aromatic heterocycles. The summed E-state index contributed by atoms with van der Waals surface area (Å²) in [5.41, 5.74) is -0.0173. The number of esters is 2. The van der Waals surface area contributed by atoms with Crippen molar-refractivity contribution in [3.8, 4) is 0 Å². The molecule has 0 saturated heterocycles. The number of hydrogen-bond acceptors (Lipinski definition) is 7. The van der Waals surface area contributed by atoms with Gasteiger partial charge in [-0.05, 0) is 13.3 Å². The van der Waals surface area contributed by atoms with E-state index >= 15 is 0 Å². The predicted molar refractivity (Wildman–Crippen MR) is 65.2 cm³/mol. The molecule has 0 rings (SSSR count). The van der Waals surface area contributed by atoms with E-state index in [4.69, 9.17) is 0 Å². The Bertz CT molecular complexity index is 513. The Hall–Kier alpha value is -1.55. The van der Waals surface area contributed by atoms with E-state index in [1.54, 1.807) is 6.92 Å². The van der Waals surface area contributed by atoms with Crippen LogP contribution in [-0.2, 0) is 29.2 Å². The second kappa shape index (κ2) is 7.46. The van der Waals surface area contributed by atoms with Crippen molar-refractivity contribution < 1.29 is 40.8 Å². The molecule has 0 N–H and O–H groups in total. The molecule has 0 radical (unpaired) electrons. The molecule has 0 aliphatic rings. The lowest BCUT2D eigenvalue weighted by atomic mass is 10.2. The minimum Gasteiger partial charge on any atom is -0.743 e. The highest BCUT2D eigenvalue weighted by Crippen LogP contribution is 2.21. The van der Waals surface area contributed by atoms with E-state index in [0.29, 0.717) is 6.42 Å². The van der Waals surface area contributed by atoms with Gasteiger partial charge in [-0.3, -0.25) is 0 Å². The third-order valence-electron chi connectivity index (χ3n) is 2.16. The number of halogens is 2. The first kappa shape index (κ1) is 19.4. The number of ether oxygens (including phenoxy) is 2. The Morgan fingerprint density at radius 1 is 1.38 bits per heavy atom. The van der Waals surface area contributed by atoms with Gasteiger partial charge in [-0.2, -0.15) is 8.78 Å². The van der Waals surface area contributed by atoms with Crippen LogP contribution in [0, 0.1) is 0 Å². The molecule has 0 heterocycles. The fraction of sp³-hybridized carbons (Fsp3) is 0.636. The van der Waals surface area contributed by atoms with E-state index in [2.05, 4.69) is 16.1 Å². The number of carbonyl (C=O) groups is 2. The predicted octanol–water partition coefficient (Wildman–Crippen LogP) is 0.956. The summed E-state index contributed by atoms with van der Waals surface area (Å²) in [6.45, 7) is 4.28. The summed E-state index contributed by atoms with van der Waals surface area (Å²) in [5.74, 6) is -2.29. The van der Waals surface area contributed by atoms with Gasteiger partial charge in [0.2, 0.25) is 0 Å². The topological polar surface area (TPSA) is 110 Å². The molecule has 10 heteroatoms. The Labute approximate surface area is 120 Å². The van der Waals surface area contributed by atoms with Gasteiger partial charge in [-0.25, -0.2) is 18.0 Å². The summed E-state index contributed by atoms with van der Waals surface area (Å²) >= 11 is 0. The molecule has 0 bridgehead atoms. The van der Waals surface area contributed by atoms with Crippen LogP contribution in [0.15, 0.2) is 12.2 Å². The largest absolute Gasteiger partial charge is 0.743 e. The lowest BCUT2D eigenvalue weighted by Gasteiger charge is -2.21. The lowest BCUT2D eigenvalue weighted by Crippen LogP contribution is -2.38. The third kappa shape index (κ3) is 6.17. The fourth-order valence-electron chi connectivity index (χ4n) is 1.04. The summed E-state index contributed by atoms with van der Waals surface area (Å²) in [7, 11) is -5.95. The zero-order chi connectivity index (χ0) is 16.8. The van der Waals surface area contributed by atoms with Crippen molar-refractivity contribution in [2.45, 2.75) is 38.0 Å². The fourth-order valence-corrected chi connectivity index (χ4v) is 1.24. The smallest absolute Gasteiger partial charge is 0.367 e. The number of alkyl halides is 2. The molecular weight excluding hydrogens is 314 g/mol. The van der Waals surface area contributed by atoms with Crippen LogP contribution >= 0.6 is 0 Å². The maximum atomic E-state index is 12.8. The van der Waals surface area contributed by atoms with Gasteiger partial charge in [0.05, 0.1) is 0 Å². The van der Waals surface area contributed by atoms with Crippen molar-refractivity contribution in [2.24, 2.45) is 0 Å². The van der Waals surface area contributed by atoms with Crippen LogP contribution in [0.2, 0.25) is 0 Å². The second-order valence-corrected chi connectivity index (χ2v) is 5.67. The molecule has 122 valence electrons. The average molecular weight is 329 g/mol. The molecule has 0 aromatic rings. The summed E-state index contributed by atoms with van der Waals surface area (Å²) < 4.78 is 65.1. The van der Waals surface area contributed by atoms with Crippen molar-refractivity contribution in [1.29, 1.82) is 0 Å². The highest BCUT2D eigenvalue weighted by molar-refractivity contribution is 7.86. The van der Waals surface area contributed by atoms with E-state index in [1.807, 2.05) is 0 Å². The van der Waals surface area contributed by atoms with Gasteiger partial charge in [-0.15, -0.1) is 0 Å². The molecule has 0 aliphatic carbocycles. The first-order valence-corrected chi connectivity index (χ1v) is 7.19. The minimum absolute atomic E-state index is 0.0173. The zero-order valence-electron chi connectivity index (χ0n) is 11.4. The van der Waals surface area contributed by atoms with Crippen LogP contribution in [0.25, 0.3) is 0 Å². The quantitative estimate of drug-likeness (QED) is 0.370. The van der Waals surface area contributed by atoms with Gasteiger partial charge in [0.15, 0.2) is 22.8 Å². The van der Waals surface area contributed by atoms with Gasteiger partial charge < -0.3 is 14.0 Å². The van der Waals surface area contributed by atoms with Crippen LogP contribution in [0.4, 0.5) is 8.78 Å². The molecule has 0 aromatic carbocycles. The maximum absolute atomic E-state index is 12.8. The van der Waals surface area contributed by atoms with Gasteiger partial charge in [0.25, 0.3) is 0 Å². The first-order valence-electron chi connectivity index (χ1n) is 5.78. The molecule has 0 amide bonds. The van der Waals surface area contributed by atoms with Crippen molar-refractivity contribution in [2.75, 3.05) is 6.61 Å². The first-order chi connectivity index (χ1) is 9.42. The summed E-state index contributed by atoms with van der Waals surface area (Å²) in [5, 5.41) is -4.75. The van der Waals surface area contributed by atoms with Gasteiger partial charge >= 0.3 is 17.2 Å². The van der Waals surface area contributed by atoms with E-state index in [1.165, 1.54) is 6.92 Å². The summed E-state index contributed by atoms with van der Waals surface area (Å²) in [6.07, 6.45) is -1.14. The third-order valence-corrected chi connectivity index (χ3v) is 3.01. The SMILES string of the molecule is C=C(C)C(=O)OC(CCC)C(=O)OCC(F)(F)S(=O)(=O)[O-]. The maximum Gasteiger partial charge on any atom is 0.367 e. The van der Waals surface area contributed by atoms with Gasteiger partial charge in [0.1, 0.15) is 0 Å². The van der Waals surface area contributed by atoms with Crippen LogP contribution in [0.1, 0.15) is 26.7 Å². The van der Waals surface area contributed by atoms with Crippen molar-refractivity contribution in [1.82, 2.24) is 0 Å². The summed E-state index contributed by atoms with van der Waals surface area (Å²) in [4.78, 5) is 22.8. The molecule has 0 spiro atoms. The minimum atomic E-state index is -5.95. The van der Waals surface area contributed by atoms with Crippen LogP contribution < -0.4 is 0 Å². The standard InChI is InChI=1S/C11H16F2O7S/c1-4-5-8(20-9(14)7(2)3)10(15)19-6-11(12,13)21(16,17)18/h8H,2,4-6H2,1,3H3,(H,16,17,18)/p-1. The number of hydrogen-bond donors (Lipinski definition) is 0. The van der Waals surface area contributed by atoms with E-state index in [-0.39, 0.29) is 12.0 Å². The highest BCUT2D eigenvalue weighted by Gasteiger charge is 2.40. The molecular formula is C11H15F2O7S-. The summed E-state index contributed by atoms with van der Waals surface area (Å²) in [6, 6.07) is 0. The van der Waals surface area contributed by atoms with Crippen molar-refractivity contribution >= 4 is 22.1 Å². The van der Waals surface area contributed by atoms with E-state index < -0.39 is 40.0 Å². The number of rotatable bonds is 8. The van der Waals surface area contributed by atoms with Crippen LogP contribution in [0.5, 0.6) is 0 Å². The molecule has 0 fully saturated rings. The second-order valence-electron chi connectivity index (χ2n) is 4.16. The van der Waals surface area contributed by atoms with Crippen LogP contribution in [-0.4, -0.2) is 42.9 Å². The van der Waals surface area contributed by atoms with E-state index in [9.17, 15) is 31.3 Å². The Morgan fingerprint density at radius 3 is 2.29 bits per heavy atom. The normalized spacial score (nSPS) is 13.4. The highest BCUT2D eigenvalue weighted by atomic mass is 32.2. The van der Waals surface area contributed by atoms with Crippen molar-refractivity contribution in [3.05, 3.63) is 12.2 Å². The van der Waals surface area contributed by atoms with Crippen molar-refractivity contribution in [3.63, 3.8) is 0 Å². The molecule has 21 heavy (non-hydrogen) atoms. The molecule has 1 atom stereocenters. The number of carbonyl (C=O) groups excluding carboxylic acids is 2.